The van der Waals surface area contributed by atoms with E-state index in [2.05, 4.69) is 10.6 Å². The maximum Gasteiger partial charge on any atom is 0.255 e. The van der Waals surface area contributed by atoms with Crippen molar-refractivity contribution in [3.8, 4) is 0 Å². The Hall–Kier alpha value is -2.99. The molecule has 0 spiro atoms. The Bertz CT molecular complexity index is 1310. The summed E-state index contributed by atoms with van der Waals surface area (Å²) >= 11 is 13.3. The zero-order chi connectivity index (χ0) is 22.5. The lowest BCUT2D eigenvalue weighted by atomic mass is 10.1. The Morgan fingerprint density at radius 2 is 1.59 bits per heavy atom. The number of amides is 2. The Kier molecular flexibility index (Phi) is 7.00. The molecule has 2 amide bonds. The van der Waals surface area contributed by atoms with E-state index in [0.29, 0.717) is 27.0 Å². The fourth-order valence-corrected chi connectivity index (χ4v) is 4.33. The van der Waals surface area contributed by atoms with Crippen molar-refractivity contribution in [1.82, 2.24) is 0 Å². The summed E-state index contributed by atoms with van der Waals surface area (Å²) in [7, 11) is 0. The normalized spacial score (nSPS) is 10.7. The van der Waals surface area contributed by atoms with Crippen molar-refractivity contribution < 1.29 is 9.59 Å². The quantitative estimate of drug-likeness (QED) is 0.288. The zero-order valence-electron chi connectivity index (χ0n) is 16.8. The number of hydrogen-bond acceptors (Lipinski definition) is 3. The molecule has 7 heteroatoms. The number of anilines is 2. The summed E-state index contributed by atoms with van der Waals surface area (Å²) < 4.78 is 0. The van der Waals surface area contributed by atoms with Crippen molar-refractivity contribution in [2.75, 3.05) is 16.4 Å². The van der Waals surface area contributed by atoms with Crippen LogP contribution in [0.3, 0.4) is 0 Å². The number of benzene rings is 4. The van der Waals surface area contributed by atoms with Gasteiger partial charge in [0.1, 0.15) is 0 Å². The van der Waals surface area contributed by atoms with E-state index < -0.39 is 0 Å². The Morgan fingerprint density at radius 3 is 2.41 bits per heavy atom. The molecule has 4 aromatic carbocycles. The first kappa shape index (κ1) is 22.2. The first-order valence-electron chi connectivity index (χ1n) is 9.76. The molecule has 4 rings (SSSR count). The van der Waals surface area contributed by atoms with E-state index in [1.807, 2.05) is 66.7 Å². The summed E-state index contributed by atoms with van der Waals surface area (Å²) in [5.74, 6) is -0.182. The van der Waals surface area contributed by atoms with Gasteiger partial charge in [0.15, 0.2) is 0 Å². The summed E-state index contributed by atoms with van der Waals surface area (Å²) in [4.78, 5) is 25.8. The van der Waals surface area contributed by atoms with Gasteiger partial charge < -0.3 is 10.6 Å². The minimum absolute atomic E-state index is 0.187. The van der Waals surface area contributed by atoms with Crippen molar-refractivity contribution in [3.05, 3.63) is 101 Å². The number of fused-ring (bicyclic) bond motifs is 1. The molecule has 0 fully saturated rings. The van der Waals surface area contributed by atoms with Crippen LogP contribution in [0.2, 0.25) is 10.0 Å². The van der Waals surface area contributed by atoms with Gasteiger partial charge in [-0.2, -0.15) is 0 Å². The van der Waals surface area contributed by atoms with Crippen LogP contribution in [-0.4, -0.2) is 17.6 Å². The molecule has 2 N–H and O–H groups in total. The second kappa shape index (κ2) is 10.1. The predicted octanol–water partition coefficient (Wildman–Crippen LogP) is 7.13. The van der Waals surface area contributed by atoms with Gasteiger partial charge in [-0.15, -0.1) is 11.8 Å². The third kappa shape index (κ3) is 5.62. The van der Waals surface area contributed by atoms with Gasteiger partial charge in [-0.25, -0.2) is 0 Å². The number of carbonyl (C=O) groups is 2. The molecule has 0 aliphatic carbocycles. The summed E-state index contributed by atoms with van der Waals surface area (Å²) in [6.45, 7) is 0. The van der Waals surface area contributed by atoms with E-state index in [9.17, 15) is 9.59 Å². The first-order valence-corrected chi connectivity index (χ1v) is 11.5. The summed E-state index contributed by atoms with van der Waals surface area (Å²) in [5, 5.41) is 8.67. The van der Waals surface area contributed by atoms with E-state index in [0.717, 1.165) is 15.7 Å². The molecule has 0 aliphatic rings. The van der Waals surface area contributed by atoms with Crippen molar-refractivity contribution in [1.29, 1.82) is 0 Å². The molecule has 4 nitrogen and oxygen atoms in total. The van der Waals surface area contributed by atoms with Crippen LogP contribution >= 0.6 is 35.0 Å². The molecule has 0 bridgehead atoms. The van der Waals surface area contributed by atoms with Crippen LogP contribution in [0.4, 0.5) is 11.4 Å². The minimum atomic E-state index is -0.190. The van der Waals surface area contributed by atoms with Gasteiger partial charge in [-0.05, 0) is 59.3 Å². The average Bonchev–Trinajstić information content (AvgIpc) is 2.79. The van der Waals surface area contributed by atoms with Crippen molar-refractivity contribution >= 4 is 68.9 Å². The fraction of sp³-hybridized carbons (Fsp3) is 0.0400. The number of nitrogens with one attached hydrogen (secondary N) is 2. The van der Waals surface area contributed by atoms with E-state index >= 15 is 0 Å². The molecule has 0 unspecified atom stereocenters. The molecule has 32 heavy (non-hydrogen) atoms. The van der Waals surface area contributed by atoms with Crippen LogP contribution in [0.5, 0.6) is 0 Å². The van der Waals surface area contributed by atoms with Crippen LogP contribution in [-0.2, 0) is 4.79 Å². The van der Waals surface area contributed by atoms with Crippen molar-refractivity contribution in [2.24, 2.45) is 0 Å². The smallest absolute Gasteiger partial charge is 0.255 e. The van der Waals surface area contributed by atoms with Crippen molar-refractivity contribution in [2.45, 2.75) is 4.90 Å². The third-order valence-electron chi connectivity index (χ3n) is 4.68. The minimum Gasteiger partial charge on any atom is -0.324 e. The van der Waals surface area contributed by atoms with E-state index in [-0.39, 0.29) is 17.6 Å². The summed E-state index contributed by atoms with van der Waals surface area (Å²) in [5.41, 5.74) is 1.76. The van der Waals surface area contributed by atoms with Crippen LogP contribution in [0.25, 0.3) is 10.8 Å². The van der Waals surface area contributed by atoms with Gasteiger partial charge in [0, 0.05) is 21.2 Å². The van der Waals surface area contributed by atoms with Gasteiger partial charge in [0.25, 0.3) is 5.91 Å². The first-order chi connectivity index (χ1) is 15.5. The maximum absolute atomic E-state index is 12.7. The Labute approximate surface area is 199 Å². The number of rotatable bonds is 6. The second-order valence-corrected chi connectivity index (χ2v) is 8.90. The number of thioether (sulfide) groups is 1. The van der Waals surface area contributed by atoms with Gasteiger partial charge in [-0.1, -0.05) is 59.6 Å². The summed E-state index contributed by atoms with van der Waals surface area (Å²) in [6, 6.07) is 25.8. The molecule has 0 saturated heterocycles. The predicted molar refractivity (Wildman–Crippen MR) is 134 cm³/mol. The highest BCUT2D eigenvalue weighted by atomic mass is 35.5. The van der Waals surface area contributed by atoms with Crippen molar-refractivity contribution in [3.63, 3.8) is 0 Å². The molecule has 0 atom stereocenters. The highest BCUT2D eigenvalue weighted by molar-refractivity contribution is 8.00. The number of hydrogen-bond donors (Lipinski definition) is 2. The van der Waals surface area contributed by atoms with Crippen LogP contribution < -0.4 is 10.6 Å². The van der Waals surface area contributed by atoms with Gasteiger partial charge in [0.05, 0.1) is 16.5 Å². The highest BCUT2D eigenvalue weighted by Crippen LogP contribution is 2.27. The Morgan fingerprint density at radius 1 is 0.781 bits per heavy atom. The van der Waals surface area contributed by atoms with Gasteiger partial charge >= 0.3 is 0 Å². The average molecular weight is 481 g/mol. The number of halogens is 2. The van der Waals surface area contributed by atoms with E-state index in [1.54, 1.807) is 18.2 Å². The molecular formula is C25H18Cl2N2O2S. The highest BCUT2D eigenvalue weighted by Gasteiger charge is 2.10. The van der Waals surface area contributed by atoms with Gasteiger partial charge in [-0.3, -0.25) is 9.59 Å². The second-order valence-electron chi connectivity index (χ2n) is 7.00. The molecule has 160 valence electrons. The lowest BCUT2D eigenvalue weighted by molar-refractivity contribution is -0.113. The maximum atomic E-state index is 12.7. The monoisotopic (exact) mass is 480 g/mol. The van der Waals surface area contributed by atoms with Gasteiger partial charge in [0.2, 0.25) is 5.91 Å². The fourth-order valence-electron chi connectivity index (χ4n) is 3.12. The standard InChI is InChI=1S/C25H18Cl2N2O2S/c26-19-10-11-23(22(27)13-19)29-24(30)15-32-21-7-3-6-20(14-21)28-25(31)18-9-8-16-4-1-2-5-17(16)12-18/h1-14H,15H2,(H,28,31)(H,29,30). The number of carbonyl (C=O) groups excluding carboxylic acids is 2. The zero-order valence-corrected chi connectivity index (χ0v) is 19.1. The molecule has 0 heterocycles. The van der Waals surface area contributed by atoms with Crippen LogP contribution in [0.15, 0.2) is 89.8 Å². The molecular weight excluding hydrogens is 463 g/mol. The molecule has 0 radical (unpaired) electrons. The lowest BCUT2D eigenvalue weighted by Gasteiger charge is -2.09. The largest absolute Gasteiger partial charge is 0.324 e. The van der Waals surface area contributed by atoms with Crippen LogP contribution in [0, 0.1) is 0 Å². The summed E-state index contributed by atoms with van der Waals surface area (Å²) in [6.07, 6.45) is 0. The Balaban J connectivity index is 1.37. The van der Waals surface area contributed by atoms with E-state index in [4.69, 9.17) is 23.2 Å². The van der Waals surface area contributed by atoms with E-state index in [1.165, 1.54) is 11.8 Å². The molecule has 0 saturated carbocycles. The topological polar surface area (TPSA) is 58.2 Å². The molecule has 0 aromatic heterocycles. The molecule has 0 aliphatic heterocycles. The van der Waals surface area contributed by atoms with Crippen LogP contribution in [0.1, 0.15) is 10.4 Å². The third-order valence-corrected chi connectivity index (χ3v) is 6.22. The lowest BCUT2D eigenvalue weighted by Crippen LogP contribution is -2.14. The SMILES string of the molecule is O=C(CSc1cccc(NC(=O)c2ccc3ccccc3c2)c1)Nc1ccc(Cl)cc1Cl. The molecule has 4 aromatic rings.